The average molecular weight is 585 g/mol. The highest BCUT2D eigenvalue weighted by atomic mass is 79.9. The molecule has 1 aliphatic heterocycles. The summed E-state index contributed by atoms with van der Waals surface area (Å²) in [4.78, 5) is 1.79. The summed E-state index contributed by atoms with van der Waals surface area (Å²) >= 11 is 3.69. The van der Waals surface area contributed by atoms with Gasteiger partial charge in [-0.2, -0.15) is 0 Å². The zero-order valence-corrected chi connectivity index (χ0v) is 23.3. The van der Waals surface area contributed by atoms with Gasteiger partial charge in [0.1, 0.15) is 29.7 Å². The molecule has 3 aromatic carbocycles. The van der Waals surface area contributed by atoms with E-state index in [2.05, 4.69) is 15.9 Å². The summed E-state index contributed by atoms with van der Waals surface area (Å²) in [5.74, 6) is -0.106. The Morgan fingerprint density at radius 3 is 2.26 bits per heavy atom. The van der Waals surface area contributed by atoms with Gasteiger partial charge in [-0.3, -0.25) is 0 Å². The molecule has 0 radical (unpaired) electrons. The van der Waals surface area contributed by atoms with Gasteiger partial charge in [0, 0.05) is 37.7 Å². The summed E-state index contributed by atoms with van der Waals surface area (Å²) in [6.45, 7) is 1.57. The Labute approximate surface area is 231 Å². The van der Waals surface area contributed by atoms with Crippen molar-refractivity contribution in [3.05, 3.63) is 99.0 Å². The lowest BCUT2D eigenvalue weighted by molar-refractivity contribution is -0.141. The molecule has 1 heterocycles. The van der Waals surface area contributed by atoms with Gasteiger partial charge in [0.2, 0.25) is 0 Å². The van der Waals surface area contributed by atoms with Gasteiger partial charge in [0.05, 0.1) is 0 Å². The zero-order valence-electron chi connectivity index (χ0n) is 21.7. The van der Waals surface area contributed by atoms with E-state index in [1.165, 1.54) is 12.1 Å². The monoisotopic (exact) mass is 583 g/mol. The lowest BCUT2D eigenvalue weighted by Crippen LogP contribution is -2.39. The van der Waals surface area contributed by atoms with Crippen LogP contribution < -0.4 is 9.64 Å². The number of nitrogens with zero attached hydrogens (tertiary/aromatic N) is 1. The lowest BCUT2D eigenvalue weighted by atomic mass is 9.86. The van der Waals surface area contributed by atoms with Crippen molar-refractivity contribution in [1.29, 1.82) is 0 Å². The molecule has 0 bridgehead atoms. The third-order valence-corrected chi connectivity index (χ3v) is 8.28. The number of allylic oxidation sites excluding steroid dienone is 1. The van der Waals surface area contributed by atoms with E-state index in [4.69, 9.17) is 14.2 Å². The SMILES string of the molecule is COC(OC)C1CCN(c2c(F)cc(C3=C(Br)CCc4cc(OCc5ccccc5)ccc43)cc2F)CC1. The second-order valence-corrected chi connectivity index (χ2v) is 10.8. The molecule has 1 aliphatic carbocycles. The van der Waals surface area contributed by atoms with Crippen LogP contribution in [0, 0.1) is 17.6 Å². The first-order chi connectivity index (χ1) is 18.5. The second kappa shape index (κ2) is 12.0. The van der Waals surface area contributed by atoms with Crippen molar-refractivity contribution in [3.63, 3.8) is 0 Å². The van der Waals surface area contributed by atoms with Crippen molar-refractivity contribution < 1.29 is 23.0 Å². The van der Waals surface area contributed by atoms with E-state index in [-0.39, 0.29) is 17.9 Å². The fraction of sp³-hybridized carbons (Fsp3) is 0.355. The van der Waals surface area contributed by atoms with Gasteiger partial charge in [0.15, 0.2) is 6.29 Å². The maximum atomic E-state index is 15.5. The first-order valence-electron chi connectivity index (χ1n) is 13.0. The number of hydrogen-bond acceptors (Lipinski definition) is 4. The molecule has 0 aromatic heterocycles. The van der Waals surface area contributed by atoms with E-state index in [1.807, 2.05) is 48.5 Å². The van der Waals surface area contributed by atoms with E-state index >= 15 is 8.78 Å². The molecule has 0 N–H and O–H groups in total. The first kappa shape index (κ1) is 26.9. The van der Waals surface area contributed by atoms with Crippen molar-refractivity contribution in [2.45, 2.75) is 38.6 Å². The maximum absolute atomic E-state index is 15.5. The number of aryl methyl sites for hydroxylation is 1. The Morgan fingerprint density at radius 2 is 1.61 bits per heavy atom. The van der Waals surface area contributed by atoms with Crippen LogP contribution in [0.1, 0.15) is 41.5 Å². The standard InChI is InChI=1S/C31H32BrF2NO3/c1-36-31(37-2)21-12-14-35(15-13-21)30-27(33)17-23(18-28(30)34)29-25-10-9-24(16-22(25)8-11-26(29)32)38-19-20-6-4-3-5-7-20/h3-7,9-10,16-18,21,31H,8,11-15,19H2,1-2H3. The van der Waals surface area contributed by atoms with Crippen LogP contribution in [-0.4, -0.2) is 33.6 Å². The predicted octanol–water partition coefficient (Wildman–Crippen LogP) is 7.48. The highest BCUT2D eigenvalue weighted by Gasteiger charge is 2.30. The number of halogens is 3. The number of hydrogen-bond donors (Lipinski definition) is 0. The fourth-order valence-electron chi connectivity index (χ4n) is 5.57. The average Bonchev–Trinajstić information content (AvgIpc) is 2.93. The topological polar surface area (TPSA) is 30.9 Å². The highest BCUT2D eigenvalue weighted by Crippen LogP contribution is 2.42. The molecular weight excluding hydrogens is 552 g/mol. The van der Waals surface area contributed by atoms with Gasteiger partial charge in [-0.25, -0.2) is 8.78 Å². The predicted molar refractivity (Wildman–Crippen MR) is 150 cm³/mol. The Morgan fingerprint density at radius 1 is 0.921 bits per heavy atom. The van der Waals surface area contributed by atoms with Crippen molar-refractivity contribution >= 4 is 27.2 Å². The number of anilines is 1. The third kappa shape index (κ3) is 5.65. The number of piperidine rings is 1. The summed E-state index contributed by atoms with van der Waals surface area (Å²) in [5.41, 5.74) is 4.56. The van der Waals surface area contributed by atoms with E-state index in [0.717, 1.165) is 58.2 Å². The summed E-state index contributed by atoms with van der Waals surface area (Å²) < 4.78 is 48.7. The molecule has 1 fully saturated rings. The van der Waals surface area contributed by atoms with E-state index < -0.39 is 11.6 Å². The molecule has 2 aliphatic rings. The van der Waals surface area contributed by atoms with E-state index in [1.54, 1.807) is 19.1 Å². The summed E-state index contributed by atoms with van der Waals surface area (Å²) in [5, 5.41) is 0. The molecule has 7 heteroatoms. The number of fused-ring (bicyclic) bond motifs is 1. The van der Waals surface area contributed by atoms with Crippen LogP contribution in [0.2, 0.25) is 0 Å². The summed E-state index contributed by atoms with van der Waals surface area (Å²) in [6, 6.07) is 18.9. The van der Waals surface area contributed by atoms with Crippen LogP contribution in [0.25, 0.3) is 5.57 Å². The molecule has 0 unspecified atom stereocenters. The Hall–Kier alpha value is -2.74. The Bertz CT molecular complexity index is 1280. The fourth-order valence-corrected chi connectivity index (χ4v) is 6.21. The van der Waals surface area contributed by atoms with E-state index in [0.29, 0.717) is 25.3 Å². The molecule has 1 saturated heterocycles. The van der Waals surface area contributed by atoms with Gasteiger partial charge in [-0.1, -0.05) is 52.3 Å². The smallest absolute Gasteiger partial charge is 0.159 e. The quantitative estimate of drug-likeness (QED) is 0.257. The lowest BCUT2D eigenvalue weighted by Gasteiger charge is -2.36. The number of methoxy groups -OCH3 is 2. The largest absolute Gasteiger partial charge is 0.489 e. The minimum absolute atomic E-state index is 0.0380. The van der Waals surface area contributed by atoms with Crippen LogP contribution in [0.5, 0.6) is 5.75 Å². The molecule has 4 nitrogen and oxygen atoms in total. The van der Waals surface area contributed by atoms with Gasteiger partial charge in [-0.05, 0) is 77.8 Å². The van der Waals surface area contributed by atoms with Crippen LogP contribution in [-0.2, 0) is 22.5 Å². The Kier molecular flexibility index (Phi) is 8.46. The zero-order chi connectivity index (χ0) is 26.6. The molecule has 5 rings (SSSR count). The highest BCUT2D eigenvalue weighted by molar-refractivity contribution is 9.11. The number of benzene rings is 3. The molecule has 0 atom stereocenters. The van der Waals surface area contributed by atoms with Crippen LogP contribution in [0.4, 0.5) is 14.5 Å². The van der Waals surface area contributed by atoms with Crippen LogP contribution in [0.15, 0.2) is 65.1 Å². The van der Waals surface area contributed by atoms with Gasteiger partial charge < -0.3 is 19.1 Å². The minimum atomic E-state index is -0.545. The Balaban J connectivity index is 1.36. The normalized spacial score (nSPS) is 16.2. The minimum Gasteiger partial charge on any atom is -0.489 e. The molecule has 0 spiro atoms. The molecule has 0 amide bonds. The van der Waals surface area contributed by atoms with E-state index in [9.17, 15) is 0 Å². The number of rotatable bonds is 8. The van der Waals surface area contributed by atoms with Gasteiger partial charge in [-0.15, -0.1) is 0 Å². The maximum Gasteiger partial charge on any atom is 0.159 e. The molecule has 38 heavy (non-hydrogen) atoms. The second-order valence-electron chi connectivity index (χ2n) is 9.83. The first-order valence-corrected chi connectivity index (χ1v) is 13.8. The van der Waals surface area contributed by atoms with Crippen LogP contribution >= 0.6 is 15.9 Å². The van der Waals surface area contributed by atoms with Gasteiger partial charge in [0.25, 0.3) is 0 Å². The third-order valence-electron chi connectivity index (χ3n) is 7.49. The van der Waals surface area contributed by atoms with Crippen molar-refractivity contribution in [2.75, 3.05) is 32.2 Å². The molecule has 3 aromatic rings. The van der Waals surface area contributed by atoms with Crippen LogP contribution in [0.3, 0.4) is 0 Å². The van der Waals surface area contributed by atoms with Crippen molar-refractivity contribution in [3.8, 4) is 5.75 Å². The van der Waals surface area contributed by atoms with Crippen molar-refractivity contribution in [2.24, 2.45) is 5.92 Å². The molecule has 0 saturated carbocycles. The summed E-state index contributed by atoms with van der Waals surface area (Å²) in [6.07, 6.45) is 2.76. The van der Waals surface area contributed by atoms with Crippen molar-refractivity contribution in [1.82, 2.24) is 0 Å². The molecule has 200 valence electrons. The van der Waals surface area contributed by atoms with Gasteiger partial charge >= 0.3 is 0 Å². The number of ether oxygens (including phenoxy) is 3. The summed E-state index contributed by atoms with van der Waals surface area (Å²) in [7, 11) is 3.24. The molecular formula is C31H32BrF2NO3.